The molecular formula is C13H18BrN3. The Labute approximate surface area is 111 Å². The van der Waals surface area contributed by atoms with Crippen LogP contribution in [0.1, 0.15) is 11.6 Å². The molecule has 2 saturated heterocycles. The van der Waals surface area contributed by atoms with Crippen LogP contribution in [0.25, 0.3) is 0 Å². The molecule has 2 unspecified atom stereocenters. The molecule has 92 valence electrons. The fourth-order valence-electron chi connectivity index (χ4n) is 3.39. The van der Waals surface area contributed by atoms with E-state index in [2.05, 4.69) is 50.3 Å². The van der Waals surface area contributed by atoms with Crippen LogP contribution in [0.2, 0.25) is 0 Å². The van der Waals surface area contributed by atoms with Gasteiger partial charge in [-0.2, -0.15) is 0 Å². The first-order chi connectivity index (χ1) is 8.24. The molecule has 4 heteroatoms. The molecule has 1 N–H and O–H groups in total. The highest BCUT2D eigenvalue weighted by Gasteiger charge is 2.39. The van der Waals surface area contributed by atoms with E-state index in [0.717, 1.165) is 17.6 Å². The van der Waals surface area contributed by atoms with Crippen molar-refractivity contribution in [1.29, 1.82) is 0 Å². The van der Waals surface area contributed by atoms with Crippen molar-refractivity contribution < 1.29 is 0 Å². The van der Waals surface area contributed by atoms with E-state index < -0.39 is 0 Å². The lowest BCUT2D eigenvalue weighted by Crippen LogP contribution is -2.54. The molecule has 2 aliphatic rings. The SMILES string of the molecule is CN1CC2CNCC(C1)C2c1ccc(Br)cn1. The number of hydrogen-bond acceptors (Lipinski definition) is 3. The molecule has 2 bridgehead atoms. The van der Waals surface area contributed by atoms with Crippen molar-refractivity contribution in [2.24, 2.45) is 11.8 Å². The number of halogens is 1. The molecule has 3 nitrogen and oxygen atoms in total. The smallest absolute Gasteiger partial charge is 0.0442 e. The summed E-state index contributed by atoms with van der Waals surface area (Å²) < 4.78 is 1.07. The van der Waals surface area contributed by atoms with Gasteiger partial charge in [0.2, 0.25) is 0 Å². The third kappa shape index (κ3) is 2.26. The molecule has 1 aromatic rings. The zero-order chi connectivity index (χ0) is 11.8. The summed E-state index contributed by atoms with van der Waals surface area (Å²) in [5.74, 6) is 2.06. The van der Waals surface area contributed by atoms with E-state index in [0.29, 0.717) is 17.8 Å². The Morgan fingerprint density at radius 1 is 1.29 bits per heavy atom. The Morgan fingerprint density at radius 3 is 2.59 bits per heavy atom. The number of piperidine rings is 2. The maximum absolute atomic E-state index is 4.62. The molecule has 17 heavy (non-hydrogen) atoms. The third-order valence-corrected chi connectivity index (χ3v) is 4.48. The molecule has 0 spiro atoms. The molecule has 2 atom stereocenters. The lowest BCUT2D eigenvalue weighted by atomic mass is 9.73. The summed E-state index contributed by atoms with van der Waals surface area (Å²) in [5.41, 5.74) is 1.28. The molecule has 0 saturated carbocycles. The van der Waals surface area contributed by atoms with Gasteiger partial charge >= 0.3 is 0 Å². The van der Waals surface area contributed by atoms with Crippen LogP contribution in [-0.2, 0) is 0 Å². The molecule has 2 aliphatic heterocycles. The van der Waals surface area contributed by atoms with Gasteiger partial charge in [0.25, 0.3) is 0 Å². The Kier molecular flexibility index (Phi) is 3.19. The summed E-state index contributed by atoms with van der Waals surface area (Å²) in [6.45, 7) is 4.63. The van der Waals surface area contributed by atoms with Crippen molar-refractivity contribution in [1.82, 2.24) is 15.2 Å². The first-order valence-electron chi connectivity index (χ1n) is 6.25. The average molecular weight is 296 g/mol. The van der Waals surface area contributed by atoms with Crippen LogP contribution in [0.5, 0.6) is 0 Å². The number of hydrogen-bond donors (Lipinski definition) is 1. The zero-order valence-electron chi connectivity index (χ0n) is 10.1. The van der Waals surface area contributed by atoms with Crippen LogP contribution in [0.3, 0.4) is 0 Å². The lowest BCUT2D eigenvalue weighted by molar-refractivity contribution is 0.0893. The Hall–Kier alpha value is -0.450. The molecule has 2 fully saturated rings. The second kappa shape index (κ2) is 4.67. The second-order valence-corrected chi connectivity index (χ2v) is 6.24. The zero-order valence-corrected chi connectivity index (χ0v) is 11.7. The summed E-state index contributed by atoms with van der Waals surface area (Å²) in [7, 11) is 2.23. The number of pyridine rings is 1. The van der Waals surface area contributed by atoms with Gasteiger partial charge in [-0.1, -0.05) is 0 Å². The van der Waals surface area contributed by atoms with E-state index >= 15 is 0 Å². The van der Waals surface area contributed by atoms with E-state index in [-0.39, 0.29) is 0 Å². The number of nitrogens with zero attached hydrogens (tertiary/aromatic N) is 2. The highest BCUT2D eigenvalue weighted by atomic mass is 79.9. The van der Waals surface area contributed by atoms with Crippen molar-refractivity contribution in [2.75, 3.05) is 33.2 Å². The monoisotopic (exact) mass is 295 g/mol. The van der Waals surface area contributed by atoms with Crippen molar-refractivity contribution in [3.8, 4) is 0 Å². The van der Waals surface area contributed by atoms with Gasteiger partial charge < -0.3 is 10.2 Å². The standard InChI is InChI=1S/C13H18BrN3/c1-17-7-9-4-15-5-10(8-17)13(9)12-3-2-11(14)6-16-12/h2-3,6,9-10,13,15H,4-5,7-8H2,1H3. The summed E-state index contributed by atoms with van der Waals surface area (Å²) in [6, 6.07) is 4.30. The molecule has 0 aromatic carbocycles. The third-order valence-electron chi connectivity index (χ3n) is 4.01. The highest BCUT2D eigenvalue weighted by Crippen LogP contribution is 2.37. The first-order valence-corrected chi connectivity index (χ1v) is 7.04. The van der Waals surface area contributed by atoms with Gasteiger partial charge in [0.05, 0.1) is 0 Å². The summed E-state index contributed by atoms with van der Waals surface area (Å²) in [4.78, 5) is 7.08. The van der Waals surface area contributed by atoms with Crippen LogP contribution in [0, 0.1) is 11.8 Å². The fourth-order valence-corrected chi connectivity index (χ4v) is 3.63. The van der Waals surface area contributed by atoms with E-state index in [4.69, 9.17) is 0 Å². The second-order valence-electron chi connectivity index (χ2n) is 5.33. The molecule has 3 heterocycles. The fraction of sp³-hybridized carbons (Fsp3) is 0.615. The number of fused-ring (bicyclic) bond motifs is 2. The minimum absolute atomic E-state index is 0.639. The van der Waals surface area contributed by atoms with Gasteiger partial charge in [0, 0.05) is 35.4 Å². The van der Waals surface area contributed by atoms with Crippen molar-refractivity contribution in [2.45, 2.75) is 5.92 Å². The lowest BCUT2D eigenvalue weighted by Gasteiger charge is -2.46. The Balaban J connectivity index is 1.89. The molecule has 0 radical (unpaired) electrons. The molecule has 0 aliphatic carbocycles. The molecular weight excluding hydrogens is 278 g/mol. The predicted octanol–water partition coefficient (Wildman–Crippen LogP) is 1.71. The Bertz CT molecular complexity index is 378. The van der Waals surface area contributed by atoms with Gasteiger partial charge in [-0.25, -0.2) is 0 Å². The van der Waals surface area contributed by atoms with E-state index in [1.54, 1.807) is 0 Å². The maximum atomic E-state index is 4.62. The number of rotatable bonds is 1. The minimum atomic E-state index is 0.639. The van der Waals surface area contributed by atoms with Gasteiger partial charge in [0.15, 0.2) is 0 Å². The van der Waals surface area contributed by atoms with Gasteiger partial charge in [-0.3, -0.25) is 4.98 Å². The van der Waals surface area contributed by atoms with Crippen LogP contribution < -0.4 is 5.32 Å². The van der Waals surface area contributed by atoms with Gasteiger partial charge in [0.1, 0.15) is 0 Å². The van der Waals surface area contributed by atoms with Crippen LogP contribution in [0.4, 0.5) is 0 Å². The van der Waals surface area contributed by atoms with Crippen molar-refractivity contribution in [3.05, 3.63) is 28.5 Å². The number of aromatic nitrogens is 1. The summed E-state index contributed by atoms with van der Waals surface area (Å²) >= 11 is 3.46. The highest BCUT2D eigenvalue weighted by molar-refractivity contribution is 9.10. The van der Waals surface area contributed by atoms with Crippen molar-refractivity contribution >= 4 is 15.9 Å². The van der Waals surface area contributed by atoms with Gasteiger partial charge in [-0.05, 0) is 60.0 Å². The Morgan fingerprint density at radius 2 is 2.00 bits per heavy atom. The average Bonchev–Trinajstić information content (AvgIpc) is 2.29. The maximum Gasteiger partial charge on any atom is 0.0442 e. The van der Waals surface area contributed by atoms with Crippen LogP contribution >= 0.6 is 15.9 Å². The largest absolute Gasteiger partial charge is 0.316 e. The molecule has 0 amide bonds. The topological polar surface area (TPSA) is 28.2 Å². The number of nitrogens with one attached hydrogen (secondary N) is 1. The van der Waals surface area contributed by atoms with Crippen molar-refractivity contribution in [3.63, 3.8) is 0 Å². The normalized spacial score (nSPS) is 33.6. The first kappa shape index (κ1) is 11.6. The predicted molar refractivity (Wildman–Crippen MR) is 72.0 cm³/mol. The van der Waals surface area contributed by atoms with E-state index in [1.165, 1.54) is 18.8 Å². The molecule has 3 rings (SSSR count). The summed E-state index contributed by atoms with van der Waals surface area (Å²) in [6.07, 6.45) is 1.93. The van der Waals surface area contributed by atoms with Crippen LogP contribution in [-0.4, -0.2) is 43.1 Å². The van der Waals surface area contributed by atoms with E-state index in [1.807, 2.05) is 6.20 Å². The summed E-state index contributed by atoms with van der Waals surface area (Å²) in [5, 5.41) is 3.55. The van der Waals surface area contributed by atoms with Gasteiger partial charge in [-0.15, -0.1) is 0 Å². The minimum Gasteiger partial charge on any atom is -0.316 e. The van der Waals surface area contributed by atoms with Crippen LogP contribution in [0.15, 0.2) is 22.8 Å². The quantitative estimate of drug-likeness (QED) is 0.855. The van der Waals surface area contributed by atoms with E-state index in [9.17, 15) is 0 Å². The molecule has 1 aromatic heterocycles. The number of likely N-dealkylation sites (tertiary alicyclic amines) is 1.